The van der Waals surface area contributed by atoms with Crippen molar-refractivity contribution in [2.45, 2.75) is 19.1 Å². The molecule has 1 unspecified atom stereocenters. The summed E-state index contributed by atoms with van der Waals surface area (Å²) in [5.41, 5.74) is 2.08. The van der Waals surface area contributed by atoms with E-state index in [1.807, 2.05) is 42.5 Å². The average molecular weight is 412 g/mol. The van der Waals surface area contributed by atoms with Gasteiger partial charge in [-0.2, -0.15) is 0 Å². The van der Waals surface area contributed by atoms with Gasteiger partial charge < -0.3 is 20.1 Å². The van der Waals surface area contributed by atoms with E-state index >= 15 is 0 Å². The second-order valence-electron chi connectivity index (χ2n) is 7.21. The van der Waals surface area contributed by atoms with Gasteiger partial charge in [0.1, 0.15) is 5.75 Å². The lowest BCUT2D eigenvalue weighted by atomic mass is 10.1. The van der Waals surface area contributed by atoms with Gasteiger partial charge in [0.25, 0.3) is 0 Å². The fourth-order valence-corrected chi connectivity index (χ4v) is 3.37. The number of ether oxygens (including phenoxy) is 2. The summed E-state index contributed by atoms with van der Waals surface area (Å²) in [6.07, 6.45) is 0.859. The summed E-state index contributed by atoms with van der Waals surface area (Å²) >= 11 is 0. The van der Waals surface area contributed by atoms with E-state index in [-0.39, 0.29) is 6.10 Å². The number of nitrogens with one attached hydrogen (secondary N) is 2. The highest BCUT2D eigenvalue weighted by Gasteiger charge is 2.21. The van der Waals surface area contributed by atoms with E-state index in [2.05, 4.69) is 27.7 Å². The molecule has 3 rings (SSSR count). The molecule has 1 saturated heterocycles. The molecule has 0 bridgehead atoms. The summed E-state index contributed by atoms with van der Waals surface area (Å²) in [4.78, 5) is 26.3. The van der Waals surface area contributed by atoms with Gasteiger partial charge in [-0.1, -0.05) is 42.5 Å². The third kappa shape index (κ3) is 6.57. The lowest BCUT2D eigenvalue weighted by Crippen LogP contribution is -2.42. The van der Waals surface area contributed by atoms with Gasteiger partial charge in [-0.05, 0) is 29.7 Å². The molecular formula is C23H29N3O4. The molecule has 7 heteroatoms. The lowest BCUT2D eigenvalue weighted by Gasteiger charge is -2.33. The van der Waals surface area contributed by atoms with Crippen LogP contribution in [-0.4, -0.2) is 56.6 Å². The molecular weight excluding hydrogens is 382 g/mol. The van der Waals surface area contributed by atoms with Gasteiger partial charge in [0, 0.05) is 32.7 Å². The van der Waals surface area contributed by atoms with Crippen molar-refractivity contribution >= 4 is 11.8 Å². The van der Waals surface area contributed by atoms with Gasteiger partial charge in [-0.3, -0.25) is 14.5 Å². The summed E-state index contributed by atoms with van der Waals surface area (Å²) in [5.74, 6) is -0.479. The summed E-state index contributed by atoms with van der Waals surface area (Å²) in [7, 11) is 1.60. The van der Waals surface area contributed by atoms with Crippen molar-refractivity contribution in [3.05, 3.63) is 65.7 Å². The Morgan fingerprint density at radius 2 is 1.80 bits per heavy atom. The lowest BCUT2D eigenvalue weighted by molar-refractivity contribution is -0.139. The highest BCUT2D eigenvalue weighted by Crippen LogP contribution is 2.21. The maximum absolute atomic E-state index is 12.0. The maximum atomic E-state index is 12.0. The number of nitrogens with zero attached hydrogens (tertiary/aromatic N) is 1. The molecule has 160 valence electrons. The van der Waals surface area contributed by atoms with E-state index in [1.165, 1.54) is 5.56 Å². The van der Waals surface area contributed by atoms with Crippen molar-refractivity contribution in [3.63, 3.8) is 0 Å². The number of hydrogen-bond acceptors (Lipinski definition) is 5. The Bertz CT molecular complexity index is 811. The number of hydrogen-bond donors (Lipinski definition) is 2. The molecule has 7 nitrogen and oxygen atoms in total. The van der Waals surface area contributed by atoms with Crippen LogP contribution in [0.4, 0.5) is 0 Å². The molecule has 1 atom stereocenters. The van der Waals surface area contributed by atoms with Crippen LogP contribution in [0, 0.1) is 0 Å². The summed E-state index contributed by atoms with van der Waals surface area (Å²) in [6, 6.07) is 17.5. The Kier molecular flexibility index (Phi) is 8.23. The van der Waals surface area contributed by atoms with Crippen LogP contribution in [0.1, 0.15) is 23.7 Å². The molecule has 2 aromatic carbocycles. The van der Waals surface area contributed by atoms with Crippen LogP contribution in [0.3, 0.4) is 0 Å². The molecule has 0 aliphatic carbocycles. The molecule has 0 radical (unpaired) electrons. The van der Waals surface area contributed by atoms with Crippen molar-refractivity contribution < 1.29 is 19.1 Å². The van der Waals surface area contributed by atoms with Crippen LogP contribution in [0.15, 0.2) is 54.6 Å². The normalized spacial score (nSPS) is 16.6. The van der Waals surface area contributed by atoms with Crippen LogP contribution in [-0.2, 0) is 20.9 Å². The zero-order chi connectivity index (χ0) is 21.2. The zero-order valence-electron chi connectivity index (χ0n) is 17.3. The fraction of sp³-hybridized carbons (Fsp3) is 0.391. The molecule has 2 aromatic rings. The van der Waals surface area contributed by atoms with Gasteiger partial charge in [-0.15, -0.1) is 0 Å². The Morgan fingerprint density at radius 1 is 1.07 bits per heavy atom. The second-order valence-corrected chi connectivity index (χ2v) is 7.21. The van der Waals surface area contributed by atoms with E-state index in [9.17, 15) is 9.59 Å². The predicted octanol–water partition coefficient (Wildman–Crippen LogP) is 1.89. The van der Waals surface area contributed by atoms with Crippen LogP contribution < -0.4 is 15.4 Å². The highest BCUT2D eigenvalue weighted by molar-refractivity contribution is 6.35. The molecule has 2 N–H and O–H groups in total. The predicted molar refractivity (Wildman–Crippen MR) is 114 cm³/mol. The number of carbonyl (C=O) groups excluding carboxylic acids is 2. The molecule has 0 aromatic heterocycles. The van der Waals surface area contributed by atoms with E-state index < -0.39 is 11.8 Å². The van der Waals surface area contributed by atoms with E-state index in [0.717, 1.165) is 37.4 Å². The number of morpholine rings is 1. The number of amides is 2. The Hall–Kier alpha value is -2.90. The number of methoxy groups -OCH3 is 1. The molecule has 2 amide bonds. The maximum Gasteiger partial charge on any atom is 0.309 e. The Balaban J connectivity index is 1.32. The first-order valence-electron chi connectivity index (χ1n) is 10.2. The molecule has 0 spiro atoms. The standard InChI is InChI=1S/C23H29N3O4/c1-29-20-10-8-18(9-11-20)16-25-23(28)22(27)24-12-5-13-26-14-15-30-21(17-26)19-6-3-2-4-7-19/h2-4,6-11,21H,5,12-17H2,1H3,(H,24,27)(H,25,28). The smallest absolute Gasteiger partial charge is 0.309 e. The first-order chi connectivity index (χ1) is 14.7. The molecule has 1 aliphatic rings. The van der Waals surface area contributed by atoms with Gasteiger partial charge in [0.2, 0.25) is 0 Å². The van der Waals surface area contributed by atoms with Gasteiger partial charge in [0.15, 0.2) is 0 Å². The third-order valence-corrected chi connectivity index (χ3v) is 5.08. The van der Waals surface area contributed by atoms with Gasteiger partial charge in [-0.25, -0.2) is 0 Å². The van der Waals surface area contributed by atoms with E-state index in [1.54, 1.807) is 7.11 Å². The first kappa shape index (κ1) is 21.8. The van der Waals surface area contributed by atoms with Crippen molar-refractivity contribution in [1.82, 2.24) is 15.5 Å². The van der Waals surface area contributed by atoms with Crippen molar-refractivity contribution in [2.24, 2.45) is 0 Å². The summed E-state index contributed by atoms with van der Waals surface area (Å²) < 4.78 is 11.0. The monoisotopic (exact) mass is 411 g/mol. The Labute approximate surface area is 177 Å². The van der Waals surface area contributed by atoms with E-state index in [0.29, 0.717) is 19.7 Å². The molecule has 1 heterocycles. The fourth-order valence-electron chi connectivity index (χ4n) is 3.37. The van der Waals surface area contributed by atoms with Crippen LogP contribution in [0.25, 0.3) is 0 Å². The Morgan fingerprint density at radius 3 is 2.53 bits per heavy atom. The minimum Gasteiger partial charge on any atom is -0.497 e. The minimum atomic E-state index is -0.624. The van der Waals surface area contributed by atoms with Gasteiger partial charge in [0.05, 0.1) is 19.8 Å². The van der Waals surface area contributed by atoms with Crippen molar-refractivity contribution in [1.29, 1.82) is 0 Å². The summed E-state index contributed by atoms with van der Waals surface area (Å²) in [6.45, 7) is 4.01. The highest BCUT2D eigenvalue weighted by atomic mass is 16.5. The zero-order valence-corrected chi connectivity index (χ0v) is 17.3. The number of benzene rings is 2. The second kappa shape index (κ2) is 11.3. The molecule has 1 aliphatic heterocycles. The quantitative estimate of drug-likeness (QED) is 0.512. The molecule has 30 heavy (non-hydrogen) atoms. The number of rotatable bonds is 8. The van der Waals surface area contributed by atoms with Gasteiger partial charge >= 0.3 is 11.8 Å². The topological polar surface area (TPSA) is 79.9 Å². The van der Waals surface area contributed by atoms with Crippen LogP contribution in [0.2, 0.25) is 0 Å². The van der Waals surface area contributed by atoms with Crippen molar-refractivity contribution in [3.8, 4) is 5.75 Å². The van der Waals surface area contributed by atoms with E-state index in [4.69, 9.17) is 9.47 Å². The van der Waals surface area contributed by atoms with Crippen molar-refractivity contribution in [2.75, 3.05) is 39.9 Å². The average Bonchev–Trinajstić information content (AvgIpc) is 2.81. The summed E-state index contributed by atoms with van der Waals surface area (Å²) in [5, 5.41) is 5.32. The van der Waals surface area contributed by atoms with Crippen LogP contribution >= 0.6 is 0 Å². The SMILES string of the molecule is COc1ccc(CNC(=O)C(=O)NCCCN2CCOC(c3ccccc3)C2)cc1. The first-order valence-corrected chi connectivity index (χ1v) is 10.2. The minimum absolute atomic E-state index is 0.0817. The largest absolute Gasteiger partial charge is 0.497 e. The number of carbonyl (C=O) groups is 2. The van der Waals surface area contributed by atoms with Crippen LogP contribution in [0.5, 0.6) is 5.75 Å². The molecule has 0 saturated carbocycles. The molecule has 1 fully saturated rings. The third-order valence-electron chi connectivity index (χ3n) is 5.08.